The van der Waals surface area contributed by atoms with E-state index in [4.69, 9.17) is 4.98 Å². The van der Waals surface area contributed by atoms with Gasteiger partial charge in [-0.25, -0.2) is 9.67 Å². The highest BCUT2D eigenvalue weighted by Crippen LogP contribution is 2.47. The lowest BCUT2D eigenvalue weighted by Crippen LogP contribution is -2.29. The van der Waals surface area contributed by atoms with Crippen LogP contribution in [-0.4, -0.2) is 54.1 Å². The fourth-order valence-electron chi connectivity index (χ4n) is 4.32. The minimum atomic E-state index is 0.00646. The minimum Gasteiger partial charge on any atom is -0.336 e. The zero-order valence-electron chi connectivity index (χ0n) is 14.7. The molecule has 2 aromatic rings. The van der Waals surface area contributed by atoms with E-state index in [0.717, 1.165) is 37.0 Å². The number of nitrogens with zero attached hydrogens (tertiary/aromatic N) is 6. The third-order valence-electron chi connectivity index (χ3n) is 6.34. The van der Waals surface area contributed by atoms with Gasteiger partial charge in [-0.3, -0.25) is 9.89 Å². The second-order valence-electron chi connectivity index (χ2n) is 8.49. The molecule has 0 spiro atoms. The maximum absolute atomic E-state index is 13.0. The molecule has 8 heteroatoms. The second kappa shape index (κ2) is 5.37. The zero-order valence-corrected chi connectivity index (χ0v) is 14.7. The van der Waals surface area contributed by atoms with Crippen molar-refractivity contribution in [2.75, 3.05) is 13.1 Å². The summed E-state index contributed by atoms with van der Waals surface area (Å²) in [6.45, 7) is 1.50. The van der Waals surface area contributed by atoms with Gasteiger partial charge in [0.25, 0.3) is 5.91 Å². The molecular formula is C18H23N7O. The average molecular weight is 353 g/mol. The standard InChI is InChI=1S/C18H23N7O/c26-18(15-9-25(23-20-15)12-5-6-12)24-7-13(10-1-2-10)14(8-24)17-19-16(21-22-17)11-3-4-11/h9-14H,1-8H2,(H,19,21,22)/t13-,14+/m1/s1. The first-order valence-corrected chi connectivity index (χ1v) is 9.89. The molecule has 0 bridgehead atoms. The number of aromatic amines is 1. The quantitative estimate of drug-likeness (QED) is 0.886. The number of carbonyl (C=O) groups excluding carboxylic acids is 1. The van der Waals surface area contributed by atoms with E-state index in [1.807, 2.05) is 15.8 Å². The maximum Gasteiger partial charge on any atom is 0.276 e. The van der Waals surface area contributed by atoms with E-state index in [1.165, 1.54) is 25.7 Å². The van der Waals surface area contributed by atoms with Gasteiger partial charge in [0.2, 0.25) is 0 Å². The van der Waals surface area contributed by atoms with Gasteiger partial charge in [0.1, 0.15) is 5.82 Å². The summed E-state index contributed by atoms with van der Waals surface area (Å²) >= 11 is 0. The molecule has 4 aliphatic rings. The molecule has 0 aromatic carbocycles. The van der Waals surface area contributed by atoms with Crippen molar-refractivity contribution in [3.63, 3.8) is 0 Å². The Morgan fingerprint density at radius 3 is 2.69 bits per heavy atom. The highest BCUT2D eigenvalue weighted by molar-refractivity contribution is 5.92. The van der Waals surface area contributed by atoms with Crippen LogP contribution in [0.4, 0.5) is 0 Å². The summed E-state index contributed by atoms with van der Waals surface area (Å²) in [6, 6.07) is 0.449. The Bertz CT molecular complexity index is 845. The van der Waals surface area contributed by atoms with Crippen molar-refractivity contribution in [3.05, 3.63) is 23.5 Å². The molecule has 4 fully saturated rings. The summed E-state index contributed by atoms with van der Waals surface area (Å²) in [4.78, 5) is 19.7. The van der Waals surface area contributed by atoms with Crippen molar-refractivity contribution in [1.29, 1.82) is 0 Å². The third kappa shape index (κ3) is 2.54. The Balaban J connectivity index is 1.23. The van der Waals surface area contributed by atoms with E-state index >= 15 is 0 Å². The molecule has 1 amide bonds. The number of nitrogens with one attached hydrogen (secondary N) is 1. The fraction of sp³-hybridized carbons (Fsp3) is 0.722. The minimum absolute atomic E-state index is 0.00646. The summed E-state index contributed by atoms with van der Waals surface area (Å²) in [7, 11) is 0. The van der Waals surface area contributed by atoms with Crippen LogP contribution >= 0.6 is 0 Å². The van der Waals surface area contributed by atoms with Crippen LogP contribution in [0.2, 0.25) is 0 Å². The highest BCUT2D eigenvalue weighted by atomic mass is 16.2. The first kappa shape index (κ1) is 14.9. The Morgan fingerprint density at radius 1 is 1.12 bits per heavy atom. The van der Waals surface area contributed by atoms with Crippen LogP contribution < -0.4 is 0 Å². The Labute approximate surface area is 151 Å². The summed E-state index contributed by atoms with van der Waals surface area (Å²) in [5.41, 5.74) is 0.475. The summed E-state index contributed by atoms with van der Waals surface area (Å²) in [6.07, 6.45) is 9.04. The Morgan fingerprint density at radius 2 is 1.96 bits per heavy atom. The van der Waals surface area contributed by atoms with Gasteiger partial charge in [-0.2, -0.15) is 5.10 Å². The predicted octanol–water partition coefficient (Wildman–Crippen LogP) is 1.87. The number of aromatic nitrogens is 6. The normalized spacial score (nSPS) is 28.7. The molecule has 8 nitrogen and oxygen atoms in total. The van der Waals surface area contributed by atoms with Gasteiger partial charge < -0.3 is 4.90 Å². The average Bonchev–Trinajstić information content (AvgIpc) is 3.62. The first-order valence-electron chi connectivity index (χ1n) is 9.89. The topological polar surface area (TPSA) is 92.6 Å². The Kier molecular flexibility index (Phi) is 3.07. The summed E-state index contributed by atoms with van der Waals surface area (Å²) in [5.74, 6) is 3.96. The smallest absolute Gasteiger partial charge is 0.276 e. The van der Waals surface area contributed by atoms with Crippen molar-refractivity contribution in [2.24, 2.45) is 11.8 Å². The van der Waals surface area contributed by atoms with Crippen LogP contribution in [-0.2, 0) is 0 Å². The lowest BCUT2D eigenvalue weighted by molar-refractivity contribution is 0.0778. The maximum atomic E-state index is 13.0. The van der Waals surface area contributed by atoms with E-state index in [9.17, 15) is 4.79 Å². The molecular weight excluding hydrogens is 330 g/mol. The molecule has 0 radical (unpaired) electrons. The molecule has 1 N–H and O–H groups in total. The number of H-pyrrole nitrogens is 1. The number of amides is 1. The largest absolute Gasteiger partial charge is 0.336 e. The van der Waals surface area contributed by atoms with Crippen LogP contribution in [0.1, 0.15) is 78.5 Å². The number of hydrogen-bond acceptors (Lipinski definition) is 5. The first-order chi connectivity index (χ1) is 12.8. The van der Waals surface area contributed by atoms with Crippen molar-refractivity contribution in [1.82, 2.24) is 35.1 Å². The molecule has 3 aliphatic carbocycles. The van der Waals surface area contributed by atoms with Gasteiger partial charge in [0.05, 0.1) is 12.2 Å². The lowest BCUT2D eigenvalue weighted by atomic mass is 9.91. The van der Waals surface area contributed by atoms with Crippen molar-refractivity contribution in [3.8, 4) is 0 Å². The number of rotatable bonds is 5. The van der Waals surface area contributed by atoms with Crippen molar-refractivity contribution >= 4 is 5.91 Å². The third-order valence-corrected chi connectivity index (χ3v) is 6.34. The highest BCUT2D eigenvalue weighted by Gasteiger charge is 2.46. The van der Waals surface area contributed by atoms with Crippen LogP contribution in [0.25, 0.3) is 0 Å². The van der Waals surface area contributed by atoms with Crippen LogP contribution in [0, 0.1) is 11.8 Å². The van der Waals surface area contributed by atoms with Gasteiger partial charge in [0.15, 0.2) is 11.5 Å². The number of likely N-dealkylation sites (tertiary alicyclic amines) is 1. The summed E-state index contributed by atoms with van der Waals surface area (Å²) in [5, 5.41) is 15.9. The van der Waals surface area contributed by atoms with E-state index < -0.39 is 0 Å². The molecule has 1 aliphatic heterocycles. The number of hydrogen-bond donors (Lipinski definition) is 1. The lowest BCUT2D eigenvalue weighted by Gasteiger charge is -2.14. The van der Waals surface area contributed by atoms with Crippen LogP contribution in [0.15, 0.2) is 6.20 Å². The van der Waals surface area contributed by atoms with Gasteiger partial charge in [-0.05, 0) is 50.4 Å². The predicted molar refractivity (Wildman–Crippen MR) is 91.5 cm³/mol. The molecule has 1 saturated heterocycles. The number of carbonyl (C=O) groups is 1. The second-order valence-corrected chi connectivity index (χ2v) is 8.49. The van der Waals surface area contributed by atoms with Crippen LogP contribution in [0.3, 0.4) is 0 Å². The SMILES string of the molecule is O=C(c1cn(C2CC2)nn1)N1C[C@H](c2nc(C3CC3)n[nH]2)[C@@H](C2CC2)C1. The van der Waals surface area contributed by atoms with E-state index in [2.05, 4.69) is 20.5 Å². The summed E-state index contributed by atoms with van der Waals surface area (Å²) < 4.78 is 1.84. The molecule has 2 aromatic heterocycles. The van der Waals surface area contributed by atoms with Gasteiger partial charge in [0, 0.05) is 24.9 Å². The van der Waals surface area contributed by atoms with Gasteiger partial charge in [-0.1, -0.05) is 5.21 Å². The van der Waals surface area contributed by atoms with E-state index in [1.54, 1.807) is 0 Å². The molecule has 3 saturated carbocycles. The molecule has 6 rings (SSSR count). The molecule has 0 unspecified atom stereocenters. The molecule has 2 atom stereocenters. The van der Waals surface area contributed by atoms with E-state index in [-0.39, 0.29) is 11.8 Å². The fourth-order valence-corrected chi connectivity index (χ4v) is 4.32. The molecule has 3 heterocycles. The van der Waals surface area contributed by atoms with Gasteiger partial charge in [-0.15, -0.1) is 5.10 Å². The Hall–Kier alpha value is -2.25. The van der Waals surface area contributed by atoms with E-state index in [0.29, 0.717) is 30.1 Å². The van der Waals surface area contributed by atoms with Gasteiger partial charge >= 0.3 is 0 Å². The molecule has 136 valence electrons. The molecule has 26 heavy (non-hydrogen) atoms. The monoisotopic (exact) mass is 353 g/mol. The van der Waals surface area contributed by atoms with Crippen molar-refractivity contribution < 1.29 is 4.79 Å². The van der Waals surface area contributed by atoms with Crippen LogP contribution in [0.5, 0.6) is 0 Å². The van der Waals surface area contributed by atoms with Crippen molar-refractivity contribution in [2.45, 2.75) is 56.4 Å². The zero-order chi connectivity index (χ0) is 17.3.